The first-order valence-electron chi connectivity index (χ1n) is 11.2. The number of fused-ring (bicyclic) bond motifs is 1. The van der Waals surface area contributed by atoms with Gasteiger partial charge in [0.2, 0.25) is 5.91 Å². The van der Waals surface area contributed by atoms with E-state index in [9.17, 15) is 22.8 Å². The molecule has 0 radical (unpaired) electrons. The van der Waals surface area contributed by atoms with Gasteiger partial charge < -0.3 is 15.4 Å². The van der Waals surface area contributed by atoms with E-state index >= 15 is 0 Å². The summed E-state index contributed by atoms with van der Waals surface area (Å²) >= 11 is 0. The molecular weight excluding hydrogens is 486 g/mol. The number of carbonyl (C=O) groups is 3. The fourth-order valence-corrected chi connectivity index (χ4v) is 7.20. The fourth-order valence-electron chi connectivity index (χ4n) is 4.85. The van der Waals surface area contributed by atoms with Crippen LogP contribution in [-0.4, -0.2) is 62.3 Å². The molecule has 3 atom stereocenters. The summed E-state index contributed by atoms with van der Waals surface area (Å²) in [5.41, 5.74) is 6.46. The summed E-state index contributed by atoms with van der Waals surface area (Å²) in [6.07, 6.45) is 0.168. The normalized spacial score (nSPS) is 24.3. The molecule has 2 N–H and O–H groups in total. The van der Waals surface area contributed by atoms with Crippen LogP contribution >= 0.6 is 0 Å². The van der Waals surface area contributed by atoms with E-state index in [4.69, 9.17) is 10.5 Å². The summed E-state index contributed by atoms with van der Waals surface area (Å²) in [5.74, 6) is -2.14. The Morgan fingerprint density at radius 3 is 2.19 bits per heavy atom. The molecule has 3 aromatic rings. The van der Waals surface area contributed by atoms with Gasteiger partial charge in [-0.15, -0.1) is 5.10 Å². The maximum absolute atomic E-state index is 13.7. The number of ether oxygens (including phenoxy) is 1. The van der Waals surface area contributed by atoms with Crippen molar-refractivity contribution in [1.29, 1.82) is 0 Å². The average Bonchev–Trinajstić information content (AvgIpc) is 3.37. The summed E-state index contributed by atoms with van der Waals surface area (Å²) in [6.45, 7) is 1.04. The molecule has 1 aromatic heterocycles. The lowest BCUT2D eigenvalue weighted by Crippen LogP contribution is -2.58. The van der Waals surface area contributed by atoms with E-state index < -0.39 is 49.9 Å². The number of hydrogen-bond acceptors (Lipinski definition) is 8. The van der Waals surface area contributed by atoms with Crippen molar-refractivity contribution in [2.75, 3.05) is 0 Å². The van der Waals surface area contributed by atoms with Gasteiger partial charge in [-0.3, -0.25) is 14.3 Å². The van der Waals surface area contributed by atoms with Gasteiger partial charge in [0, 0.05) is 0 Å². The van der Waals surface area contributed by atoms with Gasteiger partial charge in [0.1, 0.15) is 10.1 Å². The molecular formula is C24H23N5O6S. The van der Waals surface area contributed by atoms with Crippen LogP contribution in [0.2, 0.25) is 0 Å². The van der Waals surface area contributed by atoms with Gasteiger partial charge in [-0.25, -0.2) is 13.2 Å². The summed E-state index contributed by atoms with van der Waals surface area (Å²) in [6, 6.07) is 16.6. The van der Waals surface area contributed by atoms with Crippen molar-refractivity contribution in [1.82, 2.24) is 19.9 Å². The third kappa shape index (κ3) is 3.65. The molecule has 0 bridgehead atoms. The van der Waals surface area contributed by atoms with Crippen LogP contribution in [0, 0.1) is 0 Å². The van der Waals surface area contributed by atoms with Crippen molar-refractivity contribution in [2.24, 2.45) is 5.73 Å². The van der Waals surface area contributed by atoms with Crippen molar-refractivity contribution in [3.63, 3.8) is 0 Å². The molecule has 2 fully saturated rings. The highest BCUT2D eigenvalue weighted by Gasteiger charge is 2.70. The van der Waals surface area contributed by atoms with Gasteiger partial charge in [-0.1, -0.05) is 65.9 Å². The van der Waals surface area contributed by atoms with Crippen molar-refractivity contribution in [2.45, 2.75) is 42.2 Å². The molecule has 186 valence electrons. The zero-order valence-corrected chi connectivity index (χ0v) is 20.0. The van der Waals surface area contributed by atoms with E-state index in [1.807, 2.05) is 12.1 Å². The Hall–Kier alpha value is -4.06. The summed E-state index contributed by atoms with van der Waals surface area (Å²) in [4.78, 5) is 38.8. The molecule has 0 saturated carbocycles. The predicted octanol–water partition coefficient (Wildman–Crippen LogP) is 0.824. The fraction of sp³-hybridized carbons (Fsp3) is 0.292. The topological polar surface area (TPSA) is 155 Å². The number of nitrogens with two attached hydrogens (primary N) is 1. The van der Waals surface area contributed by atoms with Gasteiger partial charge in [-0.2, -0.15) is 0 Å². The number of primary amides is 1. The zero-order valence-electron chi connectivity index (χ0n) is 19.2. The lowest BCUT2D eigenvalue weighted by molar-refractivity contribution is -0.164. The van der Waals surface area contributed by atoms with Gasteiger partial charge in [0.15, 0.2) is 27.7 Å². The second kappa shape index (κ2) is 8.55. The second-order valence-electron chi connectivity index (χ2n) is 9.02. The molecule has 0 unspecified atom stereocenters. The molecule has 5 rings (SSSR count). The first-order chi connectivity index (χ1) is 17.1. The van der Waals surface area contributed by atoms with Gasteiger partial charge in [0.25, 0.3) is 5.91 Å². The Bertz CT molecular complexity index is 1400. The molecule has 11 nitrogen and oxygen atoms in total. The number of esters is 1. The maximum Gasteiger partial charge on any atom is 0.331 e. The van der Waals surface area contributed by atoms with Gasteiger partial charge in [0.05, 0.1) is 19.2 Å². The number of carbonyl (C=O) groups excluding carboxylic acids is 3. The van der Waals surface area contributed by atoms with Crippen LogP contribution in [0.15, 0.2) is 66.9 Å². The number of hydrogen-bond donors (Lipinski definition) is 1. The maximum atomic E-state index is 13.7. The average molecular weight is 510 g/mol. The first kappa shape index (κ1) is 23.7. The lowest BCUT2D eigenvalue weighted by atomic mass is 9.95. The number of rotatable bonds is 7. The van der Waals surface area contributed by atoms with Crippen molar-refractivity contribution in [3.8, 4) is 0 Å². The third-order valence-corrected chi connectivity index (χ3v) is 9.50. The Morgan fingerprint density at radius 1 is 1.11 bits per heavy atom. The Morgan fingerprint density at radius 2 is 1.69 bits per heavy atom. The first-order valence-corrected chi connectivity index (χ1v) is 12.7. The SMILES string of the molecule is C[C@]1(Cn2cc(C(N)=O)nn2)[C@H](C(=O)OC(c2ccccc2)c2ccccc2)N2C(=O)C[C@@H]2S1(=O)=O. The minimum absolute atomic E-state index is 0.152. The van der Waals surface area contributed by atoms with Crippen molar-refractivity contribution >= 4 is 27.6 Å². The minimum Gasteiger partial charge on any atom is -0.451 e. The third-order valence-electron chi connectivity index (χ3n) is 6.74. The van der Waals surface area contributed by atoms with Crippen LogP contribution in [0.1, 0.15) is 41.1 Å². The number of benzene rings is 2. The highest BCUT2D eigenvalue weighted by Crippen LogP contribution is 2.47. The summed E-state index contributed by atoms with van der Waals surface area (Å²) in [7, 11) is -4.03. The van der Waals surface area contributed by atoms with Crippen LogP contribution in [-0.2, 0) is 30.7 Å². The molecule has 2 aromatic carbocycles. The Labute approximate surface area is 206 Å². The number of sulfone groups is 1. The number of β-lactam (4-membered cyclic amide) rings is 1. The van der Waals surface area contributed by atoms with Crippen LogP contribution in [0.3, 0.4) is 0 Å². The van der Waals surface area contributed by atoms with Crippen LogP contribution in [0.25, 0.3) is 0 Å². The molecule has 0 aliphatic carbocycles. The monoisotopic (exact) mass is 509 g/mol. The molecule has 36 heavy (non-hydrogen) atoms. The smallest absolute Gasteiger partial charge is 0.331 e. The van der Waals surface area contributed by atoms with E-state index in [0.717, 1.165) is 9.58 Å². The zero-order chi connectivity index (χ0) is 25.7. The highest BCUT2D eigenvalue weighted by molar-refractivity contribution is 7.93. The van der Waals surface area contributed by atoms with Gasteiger partial charge in [-0.05, 0) is 18.1 Å². The Balaban J connectivity index is 1.53. The summed E-state index contributed by atoms with van der Waals surface area (Å²) < 4.78 is 32.4. The van der Waals surface area contributed by atoms with Crippen molar-refractivity contribution < 1.29 is 27.5 Å². The van der Waals surface area contributed by atoms with Crippen LogP contribution in [0.5, 0.6) is 0 Å². The quantitative estimate of drug-likeness (QED) is 0.363. The second-order valence-corrected chi connectivity index (χ2v) is 11.6. The molecule has 12 heteroatoms. The highest BCUT2D eigenvalue weighted by atomic mass is 32.2. The van der Waals surface area contributed by atoms with E-state index in [1.54, 1.807) is 48.5 Å². The van der Waals surface area contributed by atoms with E-state index in [1.165, 1.54) is 13.1 Å². The van der Waals surface area contributed by atoms with Crippen molar-refractivity contribution in [3.05, 3.63) is 83.7 Å². The van der Waals surface area contributed by atoms with Crippen LogP contribution < -0.4 is 5.73 Å². The minimum atomic E-state index is -4.03. The van der Waals surface area contributed by atoms with E-state index in [2.05, 4.69) is 10.3 Å². The molecule has 0 spiro atoms. The molecule has 2 amide bonds. The predicted molar refractivity (Wildman–Crippen MR) is 126 cm³/mol. The summed E-state index contributed by atoms with van der Waals surface area (Å²) in [5, 5.41) is 6.31. The standard InChI is InChI=1S/C24H23N5O6S/c1-24(14-28-13-17(22(25)31)26-27-28)21(29-18(30)12-19(29)36(24,33)34)23(32)35-20(15-8-4-2-5-9-15)16-10-6-3-7-11-16/h2-11,13,19-21H,12,14H2,1H3,(H2,25,31)/t19-,21-,24-/m0/s1. The largest absolute Gasteiger partial charge is 0.451 e. The molecule has 2 aliphatic heterocycles. The number of amides is 2. The lowest BCUT2D eigenvalue weighted by Gasteiger charge is -2.37. The molecule has 2 saturated heterocycles. The van der Waals surface area contributed by atoms with Crippen LogP contribution in [0.4, 0.5) is 0 Å². The molecule has 3 heterocycles. The van der Waals surface area contributed by atoms with E-state index in [0.29, 0.717) is 11.1 Å². The number of aromatic nitrogens is 3. The van der Waals surface area contributed by atoms with E-state index in [-0.39, 0.29) is 18.7 Å². The molecule has 2 aliphatic rings. The Kier molecular flexibility index (Phi) is 5.62. The van der Waals surface area contributed by atoms with Gasteiger partial charge >= 0.3 is 5.97 Å². The number of nitrogens with zero attached hydrogens (tertiary/aromatic N) is 4.